The minimum Gasteiger partial charge on any atom is -0.489 e. The zero-order valence-electron chi connectivity index (χ0n) is 13.7. The number of benzene rings is 2. The van der Waals surface area contributed by atoms with Gasteiger partial charge in [-0.15, -0.1) is 0 Å². The second-order valence-electron chi connectivity index (χ2n) is 6.50. The smallest absolute Gasteiger partial charge is 0.182 e. The molecular formula is C21H21NO2. The molecule has 3 aliphatic heterocycles. The van der Waals surface area contributed by atoms with Crippen molar-refractivity contribution < 1.29 is 9.53 Å². The Morgan fingerprint density at radius 2 is 1.83 bits per heavy atom. The third-order valence-electron chi connectivity index (χ3n) is 4.87. The van der Waals surface area contributed by atoms with Crippen LogP contribution in [0.1, 0.15) is 24.0 Å². The van der Waals surface area contributed by atoms with Crippen molar-refractivity contribution in [3.63, 3.8) is 0 Å². The Morgan fingerprint density at radius 1 is 1.04 bits per heavy atom. The Bertz CT molecular complexity index is 758. The molecule has 0 atom stereocenters. The predicted molar refractivity (Wildman–Crippen MR) is 94.5 cm³/mol. The fraction of sp³-hybridized carbons (Fsp3) is 0.286. The average Bonchev–Trinajstić information content (AvgIpc) is 2.65. The van der Waals surface area contributed by atoms with Gasteiger partial charge in [-0.1, -0.05) is 42.5 Å². The summed E-state index contributed by atoms with van der Waals surface area (Å²) < 4.78 is 5.88. The summed E-state index contributed by atoms with van der Waals surface area (Å²) in [6.07, 6.45) is 4.04. The normalized spacial score (nSPS) is 19.1. The van der Waals surface area contributed by atoms with Crippen LogP contribution >= 0.6 is 0 Å². The third kappa shape index (κ3) is 3.07. The number of allylic oxidation sites excluding steroid dienone is 1. The molecule has 122 valence electrons. The number of ketones is 1. The van der Waals surface area contributed by atoms with E-state index in [9.17, 15) is 4.79 Å². The van der Waals surface area contributed by atoms with Crippen LogP contribution in [0.5, 0.6) is 5.75 Å². The van der Waals surface area contributed by atoms with E-state index in [0.29, 0.717) is 12.4 Å². The molecule has 3 aliphatic rings. The van der Waals surface area contributed by atoms with E-state index in [2.05, 4.69) is 17.0 Å². The minimum absolute atomic E-state index is 0.235. The molecule has 2 aromatic rings. The highest BCUT2D eigenvalue weighted by atomic mass is 16.5. The first kappa shape index (κ1) is 15.0. The lowest BCUT2D eigenvalue weighted by Crippen LogP contribution is -2.45. The molecular weight excluding hydrogens is 298 g/mol. The summed E-state index contributed by atoms with van der Waals surface area (Å²) in [5.74, 6) is 1.37. The molecule has 0 unspecified atom stereocenters. The minimum atomic E-state index is 0.235. The van der Waals surface area contributed by atoms with E-state index in [-0.39, 0.29) is 5.92 Å². The van der Waals surface area contributed by atoms with Crippen LogP contribution in [0.4, 0.5) is 0 Å². The molecule has 5 rings (SSSR count). The summed E-state index contributed by atoms with van der Waals surface area (Å²) in [5, 5.41) is 0. The molecule has 0 spiro atoms. The first-order chi connectivity index (χ1) is 11.8. The SMILES string of the molecule is O=C1/C(=C/c2cccc(OCc3ccccc3)c2)N2CCC1CC2. The first-order valence-corrected chi connectivity index (χ1v) is 8.57. The Kier molecular flexibility index (Phi) is 4.08. The van der Waals surface area contributed by atoms with Crippen molar-refractivity contribution in [3.8, 4) is 5.75 Å². The summed E-state index contributed by atoms with van der Waals surface area (Å²) >= 11 is 0. The van der Waals surface area contributed by atoms with Gasteiger partial charge in [0.1, 0.15) is 12.4 Å². The lowest BCUT2D eigenvalue weighted by atomic mass is 9.84. The van der Waals surface area contributed by atoms with Gasteiger partial charge in [-0.25, -0.2) is 0 Å². The van der Waals surface area contributed by atoms with Gasteiger partial charge in [-0.2, -0.15) is 0 Å². The fourth-order valence-corrected chi connectivity index (χ4v) is 3.50. The van der Waals surface area contributed by atoms with Crippen LogP contribution in [-0.2, 0) is 11.4 Å². The summed E-state index contributed by atoms with van der Waals surface area (Å²) in [5.41, 5.74) is 3.04. The van der Waals surface area contributed by atoms with Crippen LogP contribution in [0, 0.1) is 5.92 Å². The van der Waals surface area contributed by atoms with Gasteiger partial charge in [0.05, 0.1) is 5.70 Å². The molecule has 3 heteroatoms. The van der Waals surface area contributed by atoms with E-state index in [0.717, 1.165) is 48.5 Å². The van der Waals surface area contributed by atoms with E-state index in [4.69, 9.17) is 4.74 Å². The lowest BCUT2D eigenvalue weighted by molar-refractivity contribution is -0.125. The number of piperidine rings is 3. The Hall–Kier alpha value is -2.55. The van der Waals surface area contributed by atoms with Gasteiger partial charge >= 0.3 is 0 Å². The zero-order chi connectivity index (χ0) is 16.4. The summed E-state index contributed by atoms with van der Waals surface area (Å²) in [6.45, 7) is 2.56. The number of fused-ring (bicyclic) bond motifs is 3. The van der Waals surface area contributed by atoms with E-state index in [1.54, 1.807) is 0 Å². The van der Waals surface area contributed by atoms with Gasteiger partial charge in [0.15, 0.2) is 5.78 Å². The van der Waals surface area contributed by atoms with Crippen LogP contribution in [-0.4, -0.2) is 23.8 Å². The predicted octanol–water partition coefficient (Wildman–Crippen LogP) is 3.90. The van der Waals surface area contributed by atoms with E-state index < -0.39 is 0 Å². The van der Waals surface area contributed by atoms with Crippen molar-refractivity contribution in [1.82, 2.24) is 4.90 Å². The maximum Gasteiger partial charge on any atom is 0.182 e. The molecule has 24 heavy (non-hydrogen) atoms. The average molecular weight is 319 g/mol. The Morgan fingerprint density at radius 3 is 2.58 bits per heavy atom. The van der Waals surface area contributed by atoms with Crippen LogP contribution < -0.4 is 4.74 Å². The van der Waals surface area contributed by atoms with Gasteiger partial charge in [-0.3, -0.25) is 4.79 Å². The van der Waals surface area contributed by atoms with Crippen molar-refractivity contribution in [2.45, 2.75) is 19.4 Å². The van der Waals surface area contributed by atoms with Crippen LogP contribution in [0.3, 0.4) is 0 Å². The van der Waals surface area contributed by atoms with Gasteiger partial charge in [-0.05, 0) is 42.2 Å². The van der Waals surface area contributed by atoms with E-state index in [1.807, 2.05) is 48.5 Å². The van der Waals surface area contributed by atoms with E-state index >= 15 is 0 Å². The van der Waals surface area contributed by atoms with Gasteiger partial charge in [0.25, 0.3) is 0 Å². The summed E-state index contributed by atoms with van der Waals surface area (Å²) in [4.78, 5) is 14.7. The number of nitrogens with zero attached hydrogens (tertiary/aromatic N) is 1. The number of ether oxygens (including phenoxy) is 1. The van der Waals surface area contributed by atoms with Gasteiger partial charge < -0.3 is 9.64 Å². The molecule has 0 aliphatic carbocycles. The van der Waals surface area contributed by atoms with E-state index in [1.165, 1.54) is 0 Å². The quantitative estimate of drug-likeness (QED) is 0.801. The van der Waals surface area contributed by atoms with Crippen LogP contribution in [0.15, 0.2) is 60.3 Å². The standard InChI is InChI=1S/C21H21NO2/c23-21-18-9-11-22(12-10-18)20(21)14-17-7-4-8-19(13-17)24-15-16-5-2-1-3-6-16/h1-8,13-14,18H,9-12,15H2/b20-14-. The highest BCUT2D eigenvalue weighted by molar-refractivity contribution is 6.01. The van der Waals surface area contributed by atoms with Gasteiger partial charge in [0, 0.05) is 19.0 Å². The maximum atomic E-state index is 12.4. The molecule has 0 saturated carbocycles. The molecule has 0 radical (unpaired) electrons. The maximum absolute atomic E-state index is 12.4. The second kappa shape index (κ2) is 6.52. The molecule has 3 nitrogen and oxygen atoms in total. The molecule has 2 bridgehead atoms. The van der Waals surface area contributed by atoms with Crippen molar-refractivity contribution >= 4 is 11.9 Å². The molecule has 0 amide bonds. The number of carbonyl (C=O) groups excluding carboxylic acids is 1. The first-order valence-electron chi connectivity index (χ1n) is 8.57. The van der Waals surface area contributed by atoms with Crippen molar-refractivity contribution in [3.05, 3.63) is 71.4 Å². The Balaban J connectivity index is 1.50. The molecule has 3 heterocycles. The van der Waals surface area contributed by atoms with Crippen molar-refractivity contribution in [1.29, 1.82) is 0 Å². The number of hydrogen-bond donors (Lipinski definition) is 0. The number of Topliss-reactive ketones (excluding diaryl/α,β-unsaturated/α-hetero) is 1. The topological polar surface area (TPSA) is 29.5 Å². The number of carbonyl (C=O) groups is 1. The zero-order valence-corrected chi connectivity index (χ0v) is 13.7. The highest BCUT2D eigenvalue weighted by Gasteiger charge is 2.36. The monoisotopic (exact) mass is 319 g/mol. The van der Waals surface area contributed by atoms with Crippen molar-refractivity contribution in [2.75, 3.05) is 13.1 Å². The molecule has 0 N–H and O–H groups in total. The number of rotatable bonds is 4. The molecule has 3 fully saturated rings. The highest BCUT2D eigenvalue weighted by Crippen LogP contribution is 2.32. The van der Waals surface area contributed by atoms with Crippen LogP contribution in [0.25, 0.3) is 6.08 Å². The largest absolute Gasteiger partial charge is 0.489 e. The van der Waals surface area contributed by atoms with Crippen LogP contribution in [0.2, 0.25) is 0 Å². The third-order valence-corrected chi connectivity index (χ3v) is 4.87. The number of hydrogen-bond acceptors (Lipinski definition) is 3. The molecule has 3 saturated heterocycles. The van der Waals surface area contributed by atoms with Crippen molar-refractivity contribution in [2.24, 2.45) is 5.92 Å². The lowest BCUT2D eigenvalue weighted by Gasteiger charge is -2.41. The second-order valence-corrected chi connectivity index (χ2v) is 6.50. The van der Waals surface area contributed by atoms with Gasteiger partial charge in [0.2, 0.25) is 0 Å². The summed E-state index contributed by atoms with van der Waals surface area (Å²) in [7, 11) is 0. The summed E-state index contributed by atoms with van der Waals surface area (Å²) in [6, 6.07) is 18.1. The fourth-order valence-electron chi connectivity index (χ4n) is 3.50. The molecule has 2 aromatic carbocycles. The molecule has 0 aromatic heterocycles. The Labute approximate surface area is 142 Å².